The monoisotopic (exact) mass is 260 g/mol. The lowest BCUT2D eigenvalue weighted by Crippen LogP contribution is -2.37. The zero-order chi connectivity index (χ0) is 13.8. The Labute approximate surface area is 109 Å². The minimum Gasteiger partial charge on any atom is -0.388 e. The largest absolute Gasteiger partial charge is 0.388 e. The van der Waals surface area contributed by atoms with Crippen molar-refractivity contribution in [1.82, 2.24) is 14.5 Å². The molecule has 1 unspecified atom stereocenters. The second kappa shape index (κ2) is 3.67. The summed E-state index contributed by atoms with van der Waals surface area (Å²) in [6.07, 6.45) is 1.35. The fourth-order valence-corrected chi connectivity index (χ4v) is 2.59. The van der Waals surface area contributed by atoms with Gasteiger partial charge in [-0.25, -0.2) is 0 Å². The molecular weight excluding hydrogens is 244 g/mol. The summed E-state index contributed by atoms with van der Waals surface area (Å²) < 4.78 is 1.88. The first-order chi connectivity index (χ1) is 8.87. The molecule has 0 radical (unpaired) electrons. The zero-order valence-corrected chi connectivity index (χ0v) is 10.6. The van der Waals surface area contributed by atoms with Crippen molar-refractivity contribution < 1.29 is 5.11 Å². The van der Waals surface area contributed by atoms with Crippen molar-refractivity contribution in [2.45, 2.75) is 31.9 Å². The molecule has 0 bridgehead atoms. The van der Waals surface area contributed by atoms with E-state index in [-0.39, 0.29) is 11.8 Å². The highest BCUT2D eigenvalue weighted by Gasteiger charge is 2.28. The molecule has 0 fully saturated rings. The Morgan fingerprint density at radius 2 is 2.16 bits per heavy atom. The van der Waals surface area contributed by atoms with Gasteiger partial charge in [0.25, 0.3) is 0 Å². The fraction of sp³-hybridized carbons (Fsp3) is 0.417. The normalized spacial score (nSPS) is 22.4. The van der Waals surface area contributed by atoms with Crippen LogP contribution in [0.3, 0.4) is 0 Å². The summed E-state index contributed by atoms with van der Waals surface area (Å²) in [5, 5.41) is 19.0. The molecule has 0 amide bonds. The number of nitrogen functional groups attached to an aromatic ring is 2. The van der Waals surface area contributed by atoms with Gasteiger partial charge in [-0.15, -0.1) is 0 Å². The van der Waals surface area contributed by atoms with Crippen molar-refractivity contribution in [2.75, 3.05) is 11.5 Å². The quantitative estimate of drug-likeness (QED) is 0.520. The molecule has 2 aromatic heterocycles. The van der Waals surface area contributed by atoms with Gasteiger partial charge in [0.2, 0.25) is 5.95 Å². The Morgan fingerprint density at radius 1 is 1.42 bits per heavy atom. The van der Waals surface area contributed by atoms with E-state index < -0.39 is 5.60 Å². The van der Waals surface area contributed by atoms with E-state index in [9.17, 15) is 5.11 Å². The molecule has 19 heavy (non-hydrogen) atoms. The van der Waals surface area contributed by atoms with Gasteiger partial charge in [0.15, 0.2) is 0 Å². The molecule has 0 aromatic carbocycles. The lowest BCUT2D eigenvalue weighted by atomic mass is 9.94. The number of aromatic nitrogens is 3. The number of nitrogens with two attached hydrogens (primary N) is 2. The van der Waals surface area contributed by atoms with Gasteiger partial charge in [0, 0.05) is 5.69 Å². The fourth-order valence-electron chi connectivity index (χ4n) is 2.59. The van der Waals surface area contributed by atoms with E-state index in [0.29, 0.717) is 35.8 Å². The number of nitrogens with zero attached hydrogens (tertiary/aromatic N) is 3. The number of pyridine rings is 1. The molecule has 7 nitrogen and oxygen atoms in total. The molecule has 0 saturated carbocycles. The minimum absolute atomic E-state index is 0.0792. The van der Waals surface area contributed by atoms with Gasteiger partial charge >= 0.3 is 0 Å². The van der Waals surface area contributed by atoms with Crippen LogP contribution in [0.25, 0.3) is 11.0 Å². The number of rotatable bonds is 0. The van der Waals surface area contributed by atoms with E-state index in [1.165, 1.54) is 0 Å². The molecule has 3 rings (SSSR count). The Bertz CT molecular complexity index is 733. The Morgan fingerprint density at radius 3 is 2.89 bits per heavy atom. The Balaban J connectivity index is 2.41. The third kappa shape index (κ3) is 1.82. The summed E-state index contributed by atoms with van der Waals surface area (Å²) in [5.74, 6) is 0.281. The summed E-state index contributed by atoms with van der Waals surface area (Å²) in [4.78, 5) is 8.09. The van der Waals surface area contributed by atoms with Crippen molar-refractivity contribution in [3.63, 3.8) is 0 Å². The highest BCUT2D eigenvalue weighted by molar-refractivity contribution is 5.86. The first-order valence-electron chi connectivity index (χ1n) is 6.10. The highest BCUT2D eigenvalue weighted by Crippen LogP contribution is 2.26. The van der Waals surface area contributed by atoms with Crippen LogP contribution in [0.2, 0.25) is 0 Å². The van der Waals surface area contributed by atoms with Crippen LogP contribution < -0.4 is 16.8 Å². The number of aryl methyl sites for hydroxylation is 1. The molecule has 0 spiro atoms. The number of anilines is 2. The van der Waals surface area contributed by atoms with E-state index in [4.69, 9.17) is 16.9 Å². The minimum atomic E-state index is -0.789. The molecule has 3 heterocycles. The standard InChI is InChI=1S/C12H16N6O/c1-12(19)3-2-6-4-7(13)8-9(14)16-11(15)17-10(8)18(6)5-12/h4,13,19H,2-3,5H2,1H3,(H4,14,15,16,17). The van der Waals surface area contributed by atoms with Crippen molar-refractivity contribution in [1.29, 1.82) is 5.41 Å². The number of fused-ring (bicyclic) bond motifs is 3. The number of aliphatic hydroxyl groups is 1. The second-order valence-electron chi connectivity index (χ2n) is 5.30. The van der Waals surface area contributed by atoms with Crippen molar-refractivity contribution >= 4 is 22.8 Å². The van der Waals surface area contributed by atoms with Gasteiger partial charge < -0.3 is 21.1 Å². The zero-order valence-electron chi connectivity index (χ0n) is 10.6. The predicted molar refractivity (Wildman–Crippen MR) is 71.2 cm³/mol. The molecule has 1 aliphatic heterocycles. The maximum Gasteiger partial charge on any atom is 0.223 e. The van der Waals surface area contributed by atoms with Crippen LogP contribution in [0.5, 0.6) is 0 Å². The van der Waals surface area contributed by atoms with E-state index >= 15 is 0 Å². The van der Waals surface area contributed by atoms with Crippen LogP contribution in [0.1, 0.15) is 19.0 Å². The first kappa shape index (κ1) is 11.9. The van der Waals surface area contributed by atoms with E-state index in [0.717, 1.165) is 5.69 Å². The van der Waals surface area contributed by atoms with Crippen LogP contribution in [-0.4, -0.2) is 25.2 Å². The summed E-state index contributed by atoms with van der Waals surface area (Å²) >= 11 is 0. The van der Waals surface area contributed by atoms with Crippen molar-refractivity contribution in [3.05, 3.63) is 17.1 Å². The highest BCUT2D eigenvalue weighted by atomic mass is 16.3. The van der Waals surface area contributed by atoms with Gasteiger partial charge in [-0.1, -0.05) is 0 Å². The van der Waals surface area contributed by atoms with E-state index in [1.807, 2.05) is 4.57 Å². The topological polar surface area (TPSA) is 127 Å². The average Bonchev–Trinajstić information content (AvgIpc) is 2.29. The van der Waals surface area contributed by atoms with Crippen LogP contribution in [0.4, 0.5) is 11.8 Å². The average molecular weight is 260 g/mol. The summed E-state index contributed by atoms with van der Waals surface area (Å²) in [5.41, 5.74) is 12.2. The van der Waals surface area contributed by atoms with Gasteiger partial charge in [-0.2, -0.15) is 9.97 Å². The number of nitrogens with one attached hydrogen (secondary N) is 1. The third-order valence-electron chi connectivity index (χ3n) is 3.54. The molecular formula is C12H16N6O. The molecule has 0 aliphatic carbocycles. The van der Waals surface area contributed by atoms with Crippen LogP contribution in [-0.2, 0) is 13.0 Å². The SMILES string of the molecule is CC1(O)CCc2cc(=N)c3c(N)nc(N)nc3n2C1. The molecule has 2 aromatic rings. The Kier molecular flexibility index (Phi) is 2.30. The van der Waals surface area contributed by atoms with E-state index in [2.05, 4.69) is 9.97 Å². The lowest BCUT2D eigenvalue weighted by molar-refractivity contribution is 0.0232. The third-order valence-corrected chi connectivity index (χ3v) is 3.54. The molecule has 7 heteroatoms. The maximum absolute atomic E-state index is 10.2. The second-order valence-corrected chi connectivity index (χ2v) is 5.30. The van der Waals surface area contributed by atoms with Gasteiger partial charge in [0.05, 0.1) is 22.9 Å². The van der Waals surface area contributed by atoms with Crippen molar-refractivity contribution in [2.24, 2.45) is 0 Å². The Hall–Kier alpha value is -2.15. The van der Waals surface area contributed by atoms with Crippen LogP contribution in [0.15, 0.2) is 6.07 Å². The molecule has 100 valence electrons. The molecule has 0 saturated heterocycles. The van der Waals surface area contributed by atoms with Crippen molar-refractivity contribution in [3.8, 4) is 0 Å². The lowest BCUT2D eigenvalue weighted by Gasteiger charge is -2.32. The van der Waals surface area contributed by atoms with Gasteiger partial charge in [-0.05, 0) is 25.8 Å². The number of hydrogen-bond acceptors (Lipinski definition) is 6. The summed E-state index contributed by atoms with van der Waals surface area (Å²) in [7, 11) is 0. The molecule has 1 aliphatic rings. The number of hydrogen-bond donors (Lipinski definition) is 4. The molecule has 6 N–H and O–H groups in total. The smallest absolute Gasteiger partial charge is 0.223 e. The maximum atomic E-state index is 10.2. The molecule has 1 atom stereocenters. The van der Waals surface area contributed by atoms with Crippen LogP contribution >= 0.6 is 0 Å². The summed E-state index contributed by atoms with van der Waals surface area (Å²) in [6, 6.07) is 1.76. The summed E-state index contributed by atoms with van der Waals surface area (Å²) in [6.45, 7) is 2.20. The predicted octanol–water partition coefficient (Wildman–Crippen LogP) is -0.228. The first-order valence-corrected chi connectivity index (χ1v) is 6.10. The van der Waals surface area contributed by atoms with Crippen LogP contribution in [0, 0.1) is 5.41 Å². The van der Waals surface area contributed by atoms with E-state index in [1.54, 1.807) is 13.0 Å². The van der Waals surface area contributed by atoms with Gasteiger partial charge in [-0.3, -0.25) is 5.41 Å². The van der Waals surface area contributed by atoms with Gasteiger partial charge in [0.1, 0.15) is 11.5 Å².